The van der Waals surface area contributed by atoms with Crippen LogP contribution in [0.4, 0.5) is 0 Å². The van der Waals surface area contributed by atoms with E-state index >= 15 is 0 Å². The topological polar surface area (TPSA) is 29.5 Å². The number of carbonyl (C=O) groups excluding carboxylic acids is 1. The fourth-order valence-electron chi connectivity index (χ4n) is 2.66. The van der Waals surface area contributed by atoms with Gasteiger partial charge in [0.1, 0.15) is 6.10 Å². The van der Waals surface area contributed by atoms with Crippen molar-refractivity contribution in [3.05, 3.63) is 35.2 Å². The van der Waals surface area contributed by atoms with Crippen LogP contribution in [0, 0.1) is 0 Å². The highest BCUT2D eigenvalue weighted by Gasteiger charge is 2.26. The molecule has 0 bridgehead atoms. The fourth-order valence-corrected chi connectivity index (χ4v) is 3.62. The number of rotatable bonds is 4. The number of hydrogen-bond acceptors (Lipinski definition) is 4. The second kappa shape index (κ2) is 6.04. The van der Waals surface area contributed by atoms with Gasteiger partial charge in [0.25, 0.3) is 0 Å². The van der Waals surface area contributed by atoms with Gasteiger partial charge >= 0.3 is 0 Å². The molecule has 0 radical (unpaired) electrons. The van der Waals surface area contributed by atoms with Gasteiger partial charge in [-0.25, -0.2) is 0 Å². The van der Waals surface area contributed by atoms with Crippen LogP contribution in [0.25, 0.3) is 10.1 Å². The summed E-state index contributed by atoms with van der Waals surface area (Å²) in [6, 6.07) is 8.26. The van der Waals surface area contributed by atoms with Gasteiger partial charge in [0, 0.05) is 24.2 Å². The van der Waals surface area contributed by atoms with E-state index in [4.69, 9.17) is 4.74 Å². The largest absolute Gasteiger partial charge is 0.368 e. The molecule has 4 heteroatoms. The Bertz CT molecular complexity index is 607. The maximum Gasteiger partial charge on any atom is 0.167 e. The lowest BCUT2D eigenvalue weighted by molar-refractivity contribution is -0.135. The Morgan fingerprint density at radius 1 is 1.45 bits per heavy atom. The van der Waals surface area contributed by atoms with Crippen molar-refractivity contribution in [2.45, 2.75) is 19.4 Å². The number of thiophene rings is 1. The van der Waals surface area contributed by atoms with Gasteiger partial charge < -0.3 is 4.74 Å². The van der Waals surface area contributed by atoms with Crippen LogP contribution < -0.4 is 0 Å². The molecule has 0 amide bonds. The van der Waals surface area contributed by atoms with E-state index in [2.05, 4.69) is 29.3 Å². The molecule has 2 heterocycles. The maximum absolute atomic E-state index is 12.4. The number of hydrogen-bond donors (Lipinski definition) is 0. The molecule has 1 aromatic heterocycles. The summed E-state index contributed by atoms with van der Waals surface area (Å²) in [6.07, 6.45) is 0.217. The quantitative estimate of drug-likeness (QED) is 0.867. The van der Waals surface area contributed by atoms with E-state index in [9.17, 15) is 4.79 Å². The van der Waals surface area contributed by atoms with Crippen molar-refractivity contribution >= 4 is 27.2 Å². The Balaban J connectivity index is 1.72. The molecular weight excluding hydrogens is 270 g/mol. The number of likely N-dealkylation sites (N-methyl/N-ethyl adjacent to an activating group) is 1. The highest BCUT2D eigenvalue weighted by Crippen LogP contribution is 2.26. The zero-order valence-corrected chi connectivity index (χ0v) is 12.5. The molecule has 2 aromatic rings. The molecular formula is C16H19NO2S. The van der Waals surface area contributed by atoms with Crippen LogP contribution in [-0.4, -0.2) is 43.0 Å². The minimum Gasteiger partial charge on any atom is -0.368 e. The Kier molecular flexibility index (Phi) is 4.15. The molecule has 1 fully saturated rings. The standard InChI is InChI=1S/C16H19NO2S/c1-2-17-7-8-19-15(10-17)14(18)9-12-11-20-16-6-4-3-5-13(12)16/h3-6,11,15H,2,7-10H2,1H3. The van der Waals surface area contributed by atoms with Crippen LogP contribution in [0.5, 0.6) is 0 Å². The van der Waals surface area contributed by atoms with Crippen molar-refractivity contribution in [2.24, 2.45) is 0 Å². The van der Waals surface area contributed by atoms with Crippen LogP contribution >= 0.6 is 11.3 Å². The summed E-state index contributed by atoms with van der Waals surface area (Å²) in [5.74, 6) is 0.201. The van der Waals surface area contributed by atoms with Gasteiger partial charge in [-0.1, -0.05) is 25.1 Å². The Labute approximate surface area is 123 Å². The van der Waals surface area contributed by atoms with Crippen LogP contribution in [0.1, 0.15) is 12.5 Å². The van der Waals surface area contributed by atoms with Crippen molar-refractivity contribution in [3.8, 4) is 0 Å². The van der Waals surface area contributed by atoms with Crippen molar-refractivity contribution < 1.29 is 9.53 Å². The van der Waals surface area contributed by atoms with E-state index in [0.717, 1.165) is 25.2 Å². The molecule has 1 saturated heterocycles. The third-order valence-corrected chi connectivity index (χ3v) is 4.90. The van der Waals surface area contributed by atoms with Gasteiger partial charge in [-0.3, -0.25) is 9.69 Å². The molecule has 0 spiro atoms. The number of ether oxygens (including phenoxy) is 1. The normalized spacial score (nSPS) is 20.4. The average Bonchev–Trinajstić information content (AvgIpc) is 2.90. The number of ketones is 1. The molecule has 1 aliphatic rings. The summed E-state index contributed by atoms with van der Waals surface area (Å²) in [7, 11) is 0. The van der Waals surface area contributed by atoms with Crippen LogP contribution in [0.15, 0.2) is 29.6 Å². The monoisotopic (exact) mass is 289 g/mol. The summed E-state index contributed by atoms with van der Waals surface area (Å²) in [6.45, 7) is 5.43. The van der Waals surface area contributed by atoms with E-state index in [1.54, 1.807) is 11.3 Å². The van der Waals surface area contributed by atoms with Gasteiger partial charge in [0.2, 0.25) is 0 Å². The summed E-state index contributed by atoms with van der Waals surface area (Å²) in [5.41, 5.74) is 1.13. The van der Waals surface area contributed by atoms with Crippen molar-refractivity contribution in [1.29, 1.82) is 0 Å². The van der Waals surface area contributed by atoms with Gasteiger partial charge in [0.05, 0.1) is 6.61 Å². The van der Waals surface area contributed by atoms with Crippen LogP contribution in [-0.2, 0) is 16.0 Å². The smallest absolute Gasteiger partial charge is 0.167 e. The first-order valence-corrected chi connectivity index (χ1v) is 7.97. The first-order valence-electron chi connectivity index (χ1n) is 7.09. The van der Waals surface area contributed by atoms with Crippen LogP contribution in [0.3, 0.4) is 0 Å². The number of fused-ring (bicyclic) bond motifs is 1. The highest BCUT2D eigenvalue weighted by atomic mass is 32.1. The van der Waals surface area contributed by atoms with E-state index in [1.807, 2.05) is 12.1 Å². The molecule has 20 heavy (non-hydrogen) atoms. The second-order valence-corrected chi connectivity index (χ2v) is 6.06. The predicted octanol–water partition coefficient (Wildman–Crippen LogP) is 2.73. The molecule has 3 rings (SSSR count). The average molecular weight is 289 g/mol. The Hall–Kier alpha value is -1.23. The summed E-state index contributed by atoms with van der Waals surface area (Å²) >= 11 is 1.70. The number of benzene rings is 1. The number of nitrogens with zero attached hydrogens (tertiary/aromatic N) is 1. The van der Waals surface area contributed by atoms with Gasteiger partial charge in [-0.2, -0.15) is 0 Å². The SMILES string of the molecule is CCN1CCOC(C(=O)Cc2csc3ccccc23)C1. The second-order valence-electron chi connectivity index (χ2n) is 5.15. The molecule has 0 saturated carbocycles. The minimum atomic E-state index is -0.262. The molecule has 0 aliphatic carbocycles. The Morgan fingerprint density at radius 2 is 2.30 bits per heavy atom. The lowest BCUT2D eigenvalue weighted by atomic mass is 10.0. The van der Waals surface area contributed by atoms with E-state index < -0.39 is 0 Å². The third-order valence-electron chi connectivity index (χ3n) is 3.88. The highest BCUT2D eigenvalue weighted by molar-refractivity contribution is 7.17. The van der Waals surface area contributed by atoms with Gasteiger partial charge in [-0.05, 0) is 28.9 Å². The maximum atomic E-state index is 12.4. The van der Waals surface area contributed by atoms with Crippen molar-refractivity contribution in [2.75, 3.05) is 26.2 Å². The van der Waals surface area contributed by atoms with Crippen molar-refractivity contribution in [1.82, 2.24) is 4.90 Å². The zero-order chi connectivity index (χ0) is 13.9. The number of carbonyl (C=O) groups is 1. The van der Waals surface area contributed by atoms with Crippen LogP contribution in [0.2, 0.25) is 0 Å². The third kappa shape index (κ3) is 2.77. The van der Waals surface area contributed by atoms with E-state index in [0.29, 0.717) is 13.0 Å². The molecule has 0 N–H and O–H groups in total. The van der Waals surface area contributed by atoms with E-state index in [1.165, 1.54) is 10.1 Å². The zero-order valence-electron chi connectivity index (χ0n) is 11.7. The fraction of sp³-hybridized carbons (Fsp3) is 0.438. The molecule has 1 unspecified atom stereocenters. The molecule has 3 nitrogen and oxygen atoms in total. The van der Waals surface area contributed by atoms with Gasteiger partial charge in [0.15, 0.2) is 5.78 Å². The molecule has 1 aliphatic heterocycles. The lowest BCUT2D eigenvalue weighted by Gasteiger charge is -2.31. The lowest BCUT2D eigenvalue weighted by Crippen LogP contribution is -2.46. The summed E-state index contributed by atoms with van der Waals surface area (Å²) < 4.78 is 6.89. The first-order chi connectivity index (χ1) is 9.78. The predicted molar refractivity (Wildman–Crippen MR) is 82.4 cm³/mol. The Morgan fingerprint density at radius 3 is 3.15 bits per heavy atom. The molecule has 106 valence electrons. The van der Waals surface area contributed by atoms with Gasteiger partial charge in [-0.15, -0.1) is 11.3 Å². The number of morpholine rings is 1. The molecule has 1 aromatic carbocycles. The molecule has 1 atom stereocenters. The van der Waals surface area contributed by atoms with Crippen molar-refractivity contribution in [3.63, 3.8) is 0 Å². The summed E-state index contributed by atoms with van der Waals surface area (Å²) in [4.78, 5) is 14.7. The minimum absolute atomic E-state index is 0.201. The summed E-state index contributed by atoms with van der Waals surface area (Å²) in [5, 5.41) is 3.30. The first kappa shape index (κ1) is 13.7. The van der Waals surface area contributed by atoms with E-state index in [-0.39, 0.29) is 11.9 Å². The number of Topliss-reactive ketones (excluding diaryl/α,β-unsaturated/α-hetero) is 1.